The molecule has 4 aromatic rings. The molecule has 1 amide bonds. The van der Waals surface area contributed by atoms with E-state index in [-0.39, 0.29) is 6.54 Å². The van der Waals surface area contributed by atoms with Crippen LogP contribution in [-0.2, 0) is 11.3 Å². The van der Waals surface area contributed by atoms with Crippen molar-refractivity contribution in [3.05, 3.63) is 82.2 Å². The molecular formula is C19H14ClN5O2S. The van der Waals surface area contributed by atoms with Gasteiger partial charge in [0.15, 0.2) is 5.65 Å². The van der Waals surface area contributed by atoms with Gasteiger partial charge in [-0.3, -0.25) is 4.79 Å². The minimum Gasteiger partial charge on any atom is -0.323 e. The Labute approximate surface area is 168 Å². The predicted molar refractivity (Wildman–Crippen MR) is 108 cm³/mol. The van der Waals surface area contributed by atoms with Crippen molar-refractivity contribution in [2.24, 2.45) is 0 Å². The first-order valence-corrected chi connectivity index (χ1v) is 9.54. The smallest absolute Gasteiger partial charge is 0.323 e. The quantitative estimate of drug-likeness (QED) is 0.544. The largest absolute Gasteiger partial charge is 0.367 e. The number of hydrogen-bond acceptors (Lipinski definition) is 5. The second-order valence-corrected chi connectivity index (χ2v) is 7.33. The number of benzene rings is 2. The Morgan fingerprint density at radius 1 is 1.00 bits per heavy atom. The summed E-state index contributed by atoms with van der Waals surface area (Å²) in [6, 6.07) is 20.1. The van der Waals surface area contributed by atoms with E-state index < -0.39 is 11.6 Å². The van der Waals surface area contributed by atoms with Gasteiger partial charge in [-0.25, -0.2) is 9.48 Å². The predicted octanol–water partition coefficient (Wildman–Crippen LogP) is 3.33. The molecule has 140 valence electrons. The van der Waals surface area contributed by atoms with Crippen molar-refractivity contribution in [3.63, 3.8) is 0 Å². The monoisotopic (exact) mass is 411 g/mol. The van der Waals surface area contributed by atoms with Crippen molar-refractivity contribution in [2.75, 3.05) is 5.32 Å². The minimum atomic E-state index is -0.486. The summed E-state index contributed by atoms with van der Waals surface area (Å²) >= 11 is 7.47. The Morgan fingerprint density at radius 3 is 2.54 bits per heavy atom. The number of nitrogens with zero attached hydrogens (tertiary/aromatic N) is 4. The van der Waals surface area contributed by atoms with Crippen LogP contribution in [-0.4, -0.2) is 25.3 Å². The van der Waals surface area contributed by atoms with Gasteiger partial charge < -0.3 is 5.32 Å². The van der Waals surface area contributed by atoms with Crippen LogP contribution in [0, 0.1) is 0 Å². The lowest BCUT2D eigenvalue weighted by Gasteiger charge is -2.06. The fourth-order valence-electron chi connectivity index (χ4n) is 2.55. The molecule has 0 atom stereocenters. The molecule has 0 aliphatic carbocycles. The number of para-hydroxylation sites is 1. The molecule has 7 nitrogen and oxygen atoms in total. The van der Waals surface area contributed by atoms with E-state index in [1.54, 1.807) is 36.4 Å². The lowest BCUT2D eigenvalue weighted by atomic mass is 10.3. The number of hydrogen-bond donors (Lipinski definition) is 1. The lowest BCUT2D eigenvalue weighted by Crippen LogP contribution is -2.28. The molecule has 0 saturated carbocycles. The molecule has 2 aromatic heterocycles. The average molecular weight is 412 g/mol. The first kappa shape index (κ1) is 18.3. The van der Waals surface area contributed by atoms with Crippen molar-refractivity contribution >= 4 is 40.6 Å². The van der Waals surface area contributed by atoms with Gasteiger partial charge in [0.05, 0.1) is 10.7 Å². The fraction of sp³-hybridized carbons (Fsp3) is 0.0526. The van der Waals surface area contributed by atoms with E-state index in [4.69, 9.17) is 11.6 Å². The Morgan fingerprint density at radius 2 is 1.75 bits per heavy atom. The number of rotatable bonds is 5. The van der Waals surface area contributed by atoms with Gasteiger partial charge in [-0.05, 0) is 36.4 Å². The zero-order chi connectivity index (χ0) is 19.5. The van der Waals surface area contributed by atoms with E-state index in [0.29, 0.717) is 21.4 Å². The number of carbonyl (C=O) groups is 1. The maximum absolute atomic E-state index is 12.6. The van der Waals surface area contributed by atoms with Crippen molar-refractivity contribution in [1.82, 2.24) is 19.4 Å². The fourth-order valence-corrected chi connectivity index (χ4v) is 3.52. The third-order valence-electron chi connectivity index (χ3n) is 3.82. The molecule has 0 aliphatic rings. The van der Waals surface area contributed by atoms with Crippen LogP contribution in [0.3, 0.4) is 0 Å². The van der Waals surface area contributed by atoms with E-state index in [2.05, 4.69) is 15.5 Å². The van der Waals surface area contributed by atoms with Crippen molar-refractivity contribution in [1.29, 1.82) is 0 Å². The van der Waals surface area contributed by atoms with Gasteiger partial charge in [0, 0.05) is 4.90 Å². The maximum atomic E-state index is 12.6. The number of fused-ring (bicyclic) bond motifs is 1. The summed E-state index contributed by atoms with van der Waals surface area (Å²) in [6.07, 6.45) is 0. The summed E-state index contributed by atoms with van der Waals surface area (Å²) in [5.41, 5.74) is 0.360. The van der Waals surface area contributed by atoms with E-state index in [0.717, 1.165) is 9.58 Å². The number of carbonyl (C=O) groups excluding carboxylic acids is 1. The number of nitrogens with one attached hydrogen (secondary N) is 1. The molecule has 4 rings (SSSR count). The average Bonchev–Trinajstić information content (AvgIpc) is 3.00. The summed E-state index contributed by atoms with van der Waals surface area (Å²) < 4.78 is 2.26. The lowest BCUT2D eigenvalue weighted by molar-refractivity contribution is -0.117. The number of halogens is 1. The standard InChI is InChI=1S/C19H14ClN5O2S/c20-14-8-4-5-9-15(14)21-17(26)12-24-19(27)25-16(22-24)10-11-18(23-25)28-13-6-2-1-3-7-13/h1-11H,12H2,(H,21,26). The third kappa shape index (κ3) is 3.92. The second kappa shape index (κ2) is 7.87. The maximum Gasteiger partial charge on any atom is 0.367 e. The zero-order valence-electron chi connectivity index (χ0n) is 14.4. The Kier molecular flexibility index (Phi) is 5.14. The molecule has 0 spiro atoms. The molecule has 0 bridgehead atoms. The number of amides is 1. The van der Waals surface area contributed by atoms with Gasteiger partial charge in [0.1, 0.15) is 11.6 Å². The highest BCUT2D eigenvalue weighted by Gasteiger charge is 2.13. The SMILES string of the molecule is O=C(Cn1nc2ccc(Sc3ccccc3)nn2c1=O)Nc1ccccc1Cl. The summed E-state index contributed by atoms with van der Waals surface area (Å²) in [4.78, 5) is 25.8. The Hall–Kier alpha value is -3.10. The Bertz CT molecular complexity index is 1210. The van der Waals surface area contributed by atoms with Crippen molar-refractivity contribution < 1.29 is 4.79 Å². The zero-order valence-corrected chi connectivity index (χ0v) is 16.0. The van der Waals surface area contributed by atoms with Crippen LogP contribution in [0.25, 0.3) is 5.65 Å². The second-order valence-electron chi connectivity index (χ2n) is 5.82. The van der Waals surface area contributed by atoms with Crippen LogP contribution >= 0.6 is 23.4 Å². The molecule has 1 N–H and O–H groups in total. The number of aromatic nitrogens is 4. The first-order valence-electron chi connectivity index (χ1n) is 8.34. The highest BCUT2D eigenvalue weighted by Crippen LogP contribution is 2.25. The van der Waals surface area contributed by atoms with E-state index >= 15 is 0 Å². The first-order chi connectivity index (χ1) is 13.6. The van der Waals surface area contributed by atoms with Gasteiger partial charge in [0.25, 0.3) is 0 Å². The van der Waals surface area contributed by atoms with Gasteiger partial charge in [0.2, 0.25) is 5.91 Å². The van der Waals surface area contributed by atoms with Gasteiger partial charge in [-0.2, -0.15) is 9.61 Å². The molecule has 9 heteroatoms. The normalized spacial score (nSPS) is 10.9. The van der Waals surface area contributed by atoms with Gasteiger partial charge >= 0.3 is 5.69 Å². The molecule has 0 saturated heterocycles. The molecule has 28 heavy (non-hydrogen) atoms. The van der Waals surface area contributed by atoms with Crippen LogP contribution in [0.5, 0.6) is 0 Å². The van der Waals surface area contributed by atoms with Gasteiger partial charge in [-0.1, -0.05) is 53.7 Å². The summed E-state index contributed by atoms with van der Waals surface area (Å²) in [5.74, 6) is -0.405. The topological polar surface area (TPSA) is 81.3 Å². The Balaban J connectivity index is 1.55. The minimum absolute atomic E-state index is 0.241. The van der Waals surface area contributed by atoms with Crippen molar-refractivity contribution in [2.45, 2.75) is 16.5 Å². The molecule has 0 radical (unpaired) electrons. The van der Waals surface area contributed by atoms with Crippen LogP contribution < -0.4 is 11.0 Å². The van der Waals surface area contributed by atoms with E-state index in [1.807, 2.05) is 30.3 Å². The molecule has 0 aliphatic heterocycles. The molecule has 2 heterocycles. The summed E-state index contributed by atoms with van der Waals surface area (Å²) in [5, 5.41) is 12.2. The number of anilines is 1. The molecule has 0 unspecified atom stereocenters. The van der Waals surface area contributed by atoms with Gasteiger partial charge in [-0.15, -0.1) is 5.10 Å². The van der Waals surface area contributed by atoms with Crippen LogP contribution in [0.4, 0.5) is 5.69 Å². The third-order valence-corrected chi connectivity index (χ3v) is 5.09. The molecule has 2 aromatic carbocycles. The van der Waals surface area contributed by atoms with Crippen LogP contribution in [0.2, 0.25) is 5.02 Å². The molecular weight excluding hydrogens is 398 g/mol. The van der Waals surface area contributed by atoms with Crippen LogP contribution in [0.15, 0.2) is 81.4 Å². The highest BCUT2D eigenvalue weighted by atomic mass is 35.5. The summed E-state index contributed by atoms with van der Waals surface area (Å²) in [7, 11) is 0. The van der Waals surface area contributed by atoms with E-state index in [9.17, 15) is 9.59 Å². The molecule has 0 fully saturated rings. The van der Waals surface area contributed by atoms with Crippen LogP contribution in [0.1, 0.15) is 0 Å². The van der Waals surface area contributed by atoms with Crippen molar-refractivity contribution in [3.8, 4) is 0 Å². The summed E-state index contributed by atoms with van der Waals surface area (Å²) in [6.45, 7) is -0.241. The highest BCUT2D eigenvalue weighted by molar-refractivity contribution is 7.99. The van der Waals surface area contributed by atoms with E-state index in [1.165, 1.54) is 16.3 Å².